The molecule has 0 aliphatic rings. The SMILES string of the molecule is CC(C)(C)c1ccc([C@@H](O)C[C@@H](N)C(F)(F)F)cc1.Cl. The molecule has 0 aliphatic carbocycles. The summed E-state index contributed by atoms with van der Waals surface area (Å²) in [4.78, 5) is 0. The molecule has 0 aliphatic heterocycles. The predicted molar refractivity (Wildman–Crippen MR) is 76.0 cm³/mol. The van der Waals surface area contributed by atoms with E-state index in [-0.39, 0.29) is 17.8 Å². The molecule has 3 N–H and O–H groups in total. The van der Waals surface area contributed by atoms with Crippen LogP contribution in [0.5, 0.6) is 0 Å². The highest BCUT2D eigenvalue weighted by Gasteiger charge is 2.37. The molecule has 0 heterocycles. The molecule has 116 valence electrons. The van der Waals surface area contributed by atoms with Crippen LogP contribution in [0.1, 0.15) is 44.4 Å². The predicted octanol–water partition coefficient (Wildman–Crippen LogP) is 3.72. The van der Waals surface area contributed by atoms with Gasteiger partial charge in [-0.3, -0.25) is 0 Å². The van der Waals surface area contributed by atoms with Gasteiger partial charge in [0, 0.05) is 6.42 Å². The molecule has 0 saturated heterocycles. The summed E-state index contributed by atoms with van der Waals surface area (Å²) in [6.45, 7) is 6.12. The zero-order chi connectivity index (χ0) is 14.8. The fraction of sp³-hybridized carbons (Fsp3) is 0.571. The Hall–Kier alpha value is -0.780. The van der Waals surface area contributed by atoms with E-state index in [0.717, 1.165) is 5.56 Å². The van der Waals surface area contributed by atoms with Gasteiger partial charge in [-0.2, -0.15) is 13.2 Å². The number of benzene rings is 1. The zero-order valence-electron chi connectivity index (χ0n) is 11.7. The third kappa shape index (κ3) is 5.31. The summed E-state index contributed by atoms with van der Waals surface area (Å²) in [5, 5.41) is 9.77. The van der Waals surface area contributed by atoms with Crippen LogP contribution in [0.2, 0.25) is 0 Å². The number of aliphatic hydroxyl groups is 1. The Balaban J connectivity index is 0.00000361. The lowest BCUT2D eigenvalue weighted by Gasteiger charge is -2.21. The molecule has 2 nitrogen and oxygen atoms in total. The van der Waals surface area contributed by atoms with Gasteiger partial charge < -0.3 is 10.8 Å². The summed E-state index contributed by atoms with van der Waals surface area (Å²) >= 11 is 0. The number of hydrogen-bond acceptors (Lipinski definition) is 2. The van der Waals surface area contributed by atoms with Crippen molar-refractivity contribution in [1.29, 1.82) is 0 Å². The van der Waals surface area contributed by atoms with Crippen molar-refractivity contribution in [2.75, 3.05) is 0 Å². The van der Waals surface area contributed by atoms with E-state index >= 15 is 0 Å². The summed E-state index contributed by atoms with van der Waals surface area (Å²) in [5.74, 6) is 0. The van der Waals surface area contributed by atoms with E-state index in [2.05, 4.69) is 0 Å². The summed E-state index contributed by atoms with van der Waals surface area (Å²) < 4.78 is 36.9. The van der Waals surface area contributed by atoms with Crippen LogP contribution >= 0.6 is 12.4 Å². The van der Waals surface area contributed by atoms with Crippen molar-refractivity contribution in [3.8, 4) is 0 Å². The Morgan fingerprint density at radius 1 is 1.10 bits per heavy atom. The van der Waals surface area contributed by atoms with E-state index in [0.29, 0.717) is 5.56 Å². The van der Waals surface area contributed by atoms with Crippen LogP contribution in [0, 0.1) is 0 Å². The summed E-state index contributed by atoms with van der Waals surface area (Å²) in [6.07, 6.45) is -6.21. The molecule has 0 radical (unpaired) electrons. The normalized spacial score (nSPS) is 15.4. The molecular formula is C14H21ClF3NO. The van der Waals surface area contributed by atoms with Crippen molar-refractivity contribution in [3.63, 3.8) is 0 Å². The molecule has 0 aromatic heterocycles. The molecule has 1 rings (SSSR count). The number of nitrogens with two attached hydrogens (primary N) is 1. The maximum absolute atomic E-state index is 12.3. The Kier molecular flexibility index (Phi) is 6.52. The lowest BCUT2D eigenvalue weighted by Crippen LogP contribution is -2.38. The van der Waals surface area contributed by atoms with Gasteiger partial charge in [-0.25, -0.2) is 0 Å². The van der Waals surface area contributed by atoms with Gasteiger partial charge in [0.2, 0.25) is 0 Å². The van der Waals surface area contributed by atoms with Crippen LogP contribution in [0.15, 0.2) is 24.3 Å². The van der Waals surface area contributed by atoms with Crippen molar-refractivity contribution in [2.24, 2.45) is 5.73 Å². The molecule has 2 atom stereocenters. The molecule has 0 spiro atoms. The van der Waals surface area contributed by atoms with Crippen molar-refractivity contribution >= 4 is 12.4 Å². The molecule has 1 aromatic rings. The minimum Gasteiger partial charge on any atom is -0.388 e. The average Bonchev–Trinajstić information content (AvgIpc) is 2.26. The first kappa shape index (κ1) is 19.2. The molecule has 1 aromatic carbocycles. The largest absolute Gasteiger partial charge is 0.403 e. The fourth-order valence-corrected chi connectivity index (χ4v) is 1.72. The van der Waals surface area contributed by atoms with Crippen molar-refractivity contribution < 1.29 is 18.3 Å². The number of halogens is 4. The third-order valence-corrected chi connectivity index (χ3v) is 3.06. The number of aliphatic hydroxyl groups excluding tert-OH is 1. The van der Waals surface area contributed by atoms with E-state index < -0.39 is 24.7 Å². The van der Waals surface area contributed by atoms with Crippen molar-refractivity contribution in [2.45, 2.75) is 50.9 Å². The highest BCUT2D eigenvalue weighted by atomic mass is 35.5. The third-order valence-electron chi connectivity index (χ3n) is 3.06. The van der Waals surface area contributed by atoms with Gasteiger partial charge >= 0.3 is 6.18 Å². The summed E-state index contributed by atoms with van der Waals surface area (Å²) in [5.41, 5.74) is 6.48. The maximum atomic E-state index is 12.3. The Labute approximate surface area is 123 Å². The van der Waals surface area contributed by atoms with Gasteiger partial charge in [0.25, 0.3) is 0 Å². The Bertz CT molecular complexity index is 412. The van der Waals surface area contributed by atoms with E-state index in [4.69, 9.17) is 5.73 Å². The van der Waals surface area contributed by atoms with Crippen molar-refractivity contribution in [3.05, 3.63) is 35.4 Å². The van der Waals surface area contributed by atoms with Crippen molar-refractivity contribution in [1.82, 2.24) is 0 Å². The first-order chi connectivity index (χ1) is 8.51. The highest BCUT2D eigenvalue weighted by molar-refractivity contribution is 5.85. The first-order valence-electron chi connectivity index (χ1n) is 6.12. The van der Waals surface area contributed by atoms with E-state index in [1.807, 2.05) is 32.9 Å². The topological polar surface area (TPSA) is 46.2 Å². The van der Waals surface area contributed by atoms with Crippen LogP contribution < -0.4 is 5.73 Å². The average molecular weight is 312 g/mol. The fourth-order valence-electron chi connectivity index (χ4n) is 1.72. The molecule has 0 unspecified atom stereocenters. The van der Waals surface area contributed by atoms with Crippen LogP contribution in [0.25, 0.3) is 0 Å². The van der Waals surface area contributed by atoms with Gasteiger partial charge in [0.1, 0.15) is 6.04 Å². The number of rotatable bonds is 3. The van der Waals surface area contributed by atoms with Crippen LogP contribution in [0.4, 0.5) is 13.2 Å². The minimum absolute atomic E-state index is 0. The second-order valence-corrected chi connectivity index (χ2v) is 5.77. The van der Waals surface area contributed by atoms with Gasteiger partial charge in [-0.15, -0.1) is 12.4 Å². The maximum Gasteiger partial charge on any atom is 0.403 e. The van der Waals surface area contributed by atoms with Gasteiger partial charge in [0.15, 0.2) is 0 Å². The standard InChI is InChI=1S/C14H20F3NO.ClH/c1-13(2,3)10-6-4-9(5-7-10)11(19)8-12(18)14(15,16)17;/h4-7,11-12,19H,8,18H2,1-3H3;1H/t11-,12+;/m0./s1. The second-order valence-electron chi connectivity index (χ2n) is 5.77. The molecular weight excluding hydrogens is 291 g/mol. The minimum atomic E-state index is -4.48. The smallest absolute Gasteiger partial charge is 0.388 e. The molecule has 0 amide bonds. The first-order valence-corrected chi connectivity index (χ1v) is 6.12. The lowest BCUT2D eigenvalue weighted by molar-refractivity contribution is -0.153. The Morgan fingerprint density at radius 3 is 1.90 bits per heavy atom. The van der Waals surface area contributed by atoms with E-state index in [1.165, 1.54) is 0 Å². The Morgan fingerprint density at radius 2 is 1.55 bits per heavy atom. The molecule has 0 bridgehead atoms. The second kappa shape index (κ2) is 6.78. The van der Waals surface area contributed by atoms with Crippen LogP contribution in [0.3, 0.4) is 0 Å². The highest BCUT2D eigenvalue weighted by Crippen LogP contribution is 2.28. The quantitative estimate of drug-likeness (QED) is 0.893. The van der Waals surface area contributed by atoms with Gasteiger partial charge in [-0.05, 0) is 16.5 Å². The summed E-state index contributed by atoms with van der Waals surface area (Å²) in [7, 11) is 0. The summed E-state index contributed by atoms with van der Waals surface area (Å²) in [6, 6.07) is 4.92. The lowest BCUT2D eigenvalue weighted by atomic mass is 9.86. The van der Waals surface area contributed by atoms with E-state index in [1.54, 1.807) is 12.1 Å². The number of alkyl halides is 3. The monoisotopic (exact) mass is 311 g/mol. The van der Waals surface area contributed by atoms with Gasteiger partial charge in [0.05, 0.1) is 6.10 Å². The molecule has 0 fully saturated rings. The molecule has 20 heavy (non-hydrogen) atoms. The molecule has 0 saturated carbocycles. The number of hydrogen-bond donors (Lipinski definition) is 2. The van der Waals surface area contributed by atoms with E-state index in [9.17, 15) is 18.3 Å². The van der Waals surface area contributed by atoms with Crippen LogP contribution in [-0.4, -0.2) is 17.3 Å². The van der Waals surface area contributed by atoms with Gasteiger partial charge in [-0.1, -0.05) is 45.0 Å². The zero-order valence-corrected chi connectivity index (χ0v) is 12.6. The van der Waals surface area contributed by atoms with Crippen LogP contribution in [-0.2, 0) is 5.41 Å². The molecule has 6 heteroatoms.